The van der Waals surface area contributed by atoms with Gasteiger partial charge in [-0.05, 0) is 47.4 Å². The van der Waals surface area contributed by atoms with Gasteiger partial charge in [0.1, 0.15) is 4.90 Å². The lowest BCUT2D eigenvalue weighted by molar-refractivity contribution is -0.511. The van der Waals surface area contributed by atoms with Crippen molar-refractivity contribution in [2.75, 3.05) is 0 Å². The molecular weight excluding hydrogens is 330 g/mol. The molecule has 0 saturated carbocycles. The minimum absolute atomic E-state index is 0.131. The molecule has 0 bridgehead atoms. The molecule has 2 aromatic rings. The number of nitrogens with zero attached hydrogens (tertiary/aromatic N) is 1. The van der Waals surface area contributed by atoms with Crippen molar-refractivity contribution in [1.82, 2.24) is 0 Å². The molecule has 0 aliphatic carbocycles. The predicted molar refractivity (Wildman–Crippen MR) is 103 cm³/mol. The predicted octanol–water partition coefficient (Wildman–Crippen LogP) is 4.89. The van der Waals surface area contributed by atoms with E-state index in [1.807, 2.05) is 13.0 Å². The SMILES string of the molecule is Cc1ccc[n+](S(=O)(=O)c2c(C(C)C)cc(C(C)C)cc2C(C)C)c1. The van der Waals surface area contributed by atoms with Gasteiger partial charge in [-0.3, -0.25) is 0 Å². The number of pyridine rings is 1. The van der Waals surface area contributed by atoms with Crippen molar-refractivity contribution in [3.05, 3.63) is 58.9 Å². The van der Waals surface area contributed by atoms with Gasteiger partial charge in [-0.2, -0.15) is 8.42 Å². The zero-order chi connectivity index (χ0) is 18.9. The minimum atomic E-state index is -3.64. The van der Waals surface area contributed by atoms with Crippen molar-refractivity contribution in [3.8, 4) is 0 Å². The fourth-order valence-electron chi connectivity index (χ4n) is 3.01. The second kappa shape index (κ2) is 7.28. The molecule has 1 aromatic carbocycles. The molecule has 0 aliphatic rings. The Balaban J connectivity index is 2.87. The number of hydrogen-bond acceptors (Lipinski definition) is 2. The normalized spacial score (nSPS) is 12.4. The van der Waals surface area contributed by atoms with Gasteiger partial charge in [-0.25, -0.2) is 0 Å². The van der Waals surface area contributed by atoms with Crippen molar-refractivity contribution in [2.24, 2.45) is 0 Å². The summed E-state index contributed by atoms with van der Waals surface area (Å²) in [6.45, 7) is 14.4. The van der Waals surface area contributed by atoms with Crippen LogP contribution in [0.3, 0.4) is 0 Å². The van der Waals surface area contributed by atoms with Crippen LogP contribution in [-0.4, -0.2) is 8.42 Å². The van der Waals surface area contributed by atoms with Crippen LogP contribution >= 0.6 is 0 Å². The van der Waals surface area contributed by atoms with Gasteiger partial charge in [0.15, 0.2) is 12.4 Å². The van der Waals surface area contributed by atoms with Crippen molar-refractivity contribution < 1.29 is 12.4 Å². The fourth-order valence-corrected chi connectivity index (χ4v) is 4.94. The van der Waals surface area contributed by atoms with E-state index in [-0.39, 0.29) is 11.8 Å². The largest absolute Gasteiger partial charge is 0.400 e. The van der Waals surface area contributed by atoms with E-state index in [0.29, 0.717) is 10.8 Å². The molecule has 25 heavy (non-hydrogen) atoms. The van der Waals surface area contributed by atoms with E-state index in [0.717, 1.165) is 16.7 Å². The first kappa shape index (κ1) is 19.6. The molecule has 0 saturated heterocycles. The van der Waals surface area contributed by atoms with E-state index in [1.54, 1.807) is 18.5 Å². The molecule has 0 amide bonds. The first-order chi connectivity index (χ1) is 11.6. The molecular formula is C21H30NO2S+. The number of hydrogen-bond donors (Lipinski definition) is 0. The van der Waals surface area contributed by atoms with Crippen LogP contribution in [0.5, 0.6) is 0 Å². The van der Waals surface area contributed by atoms with Gasteiger partial charge in [0, 0.05) is 11.6 Å². The third-order valence-corrected chi connectivity index (χ3v) is 6.31. The summed E-state index contributed by atoms with van der Waals surface area (Å²) < 4.78 is 28.3. The Hall–Kier alpha value is -1.68. The molecule has 0 N–H and O–H groups in total. The summed E-state index contributed by atoms with van der Waals surface area (Å²) in [7, 11) is -3.64. The van der Waals surface area contributed by atoms with E-state index >= 15 is 0 Å². The lowest BCUT2D eigenvalue weighted by atomic mass is 9.89. The summed E-state index contributed by atoms with van der Waals surface area (Å²) in [6, 6.07) is 7.83. The van der Waals surface area contributed by atoms with Crippen molar-refractivity contribution in [1.29, 1.82) is 0 Å². The van der Waals surface area contributed by atoms with Crippen LogP contribution in [0.25, 0.3) is 0 Å². The van der Waals surface area contributed by atoms with Gasteiger partial charge >= 0.3 is 10.0 Å². The minimum Gasteiger partial charge on any atom is -0.158 e. The number of aryl methyl sites for hydroxylation is 1. The van der Waals surface area contributed by atoms with Crippen molar-refractivity contribution in [3.63, 3.8) is 0 Å². The second-order valence-corrected chi connectivity index (χ2v) is 9.49. The molecule has 0 fully saturated rings. The Labute approximate surface area is 152 Å². The Morgan fingerprint density at radius 3 is 1.80 bits per heavy atom. The van der Waals surface area contributed by atoms with E-state index in [9.17, 15) is 8.42 Å². The number of aromatic nitrogens is 1. The van der Waals surface area contributed by atoms with E-state index in [4.69, 9.17) is 0 Å². The first-order valence-corrected chi connectivity index (χ1v) is 10.4. The Bertz CT molecular complexity index is 836. The molecule has 0 radical (unpaired) electrons. The molecule has 4 heteroatoms. The third-order valence-electron chi connectivity index (χ3n) is 4.54. The Morgan fingerprint density at radius 2 is 1.40 bits per heavy atom. The summed E-state index contributed by atoms with van der Waals surface area (Å²) in [5.41, 5.74) is 3.93. The number of rotatable bonds is 5. The van der Waals surface area contributed by atoms with Crippen LogP contribution in [0.1, 0.15) is 81.5 Å². The molecule has 0 atom stereocenters. The van der Waals surface area contributed by atoms with E-state index < -0.39 is 10.0 Å². The molecule has 2 rings (SSSR count). The molecule has 1 heterocycles. The lowest BCUT2D eigenvalue weighted by Gasteiger charge is -2.20. The average Bonchev–Trinajstić information content (AvgIpc) is 2.53. The quantitative estimate of drug-likeness (QED) is 0.712. The standard InChI is InChI=1S/C21H30NO2S/c1-14(2)18-11-19(15(3)4)21(20(12-18)16(5)6)25(23,24)22-10-8-9-17(7)13-22/h8-16H,1-7H3/q+1. The van der Waals surface area contributed by atoms with E-state index in [2.05, 4.69) is 53.7 Å². The molecule has 0 spiro atoms. The summed E-state index contributed by atoms with van der Waals surface area (Å²) in [6.07, 6.45) is 3.30. The number of benzene rings is 1. The highest BCUT2D eigenvalue weighted by molar-refractivity contribution is 7.85. The first-order valence-electron chi connectivity index (χ1n) is 8.97. The maximum atomic E-state index is 13.5. The van der Waals surface area contributed by atoms with Crippen LogP contribution in [0.2, 0.25) is 0 Å². The summed E-state index contributed by atoms with van der Waals surface area (Å²) >= 11 is 0. The zero-order valence-corrected chi connectivity index (χ0v) is 17.2. The van der Waals surface area contributed by atoms with E-state index in [1.165, 1.54) is 9.54 Å². The fraction of sp³-hybridized carbons (Fsp3) is 0.476. The smallest absolute Gasteiger partial charge is 0.158 e. The maximum Gasteiger partial charge on any atom is 0.400 e. The molecule has 136 valence electrons. The highest BCUT2D eigenvalue weighted by Gasteiger charge is 2.33. The topological polar surface area (TPSA) is 38.0 Å². The van der Waals surface area contributed by atoms with Crippen LogP contribution < -0.4 is 3.97 Å². The second-order valence-electron chi connectivity index (χ2n) is 7.71. The highest BCUT2D eigenvalue weighted by atomic mass is 32.2. The summed E-state index contributed by atoms with van der Waals surface area (Å²) in [5, 5.41) is 0. The van der Waals surface area contributed by atoms with Gasteiger partial charge in [-0.1, -0.05) is 57.6 Å². The molecule has 0 unspecified atom stereocenters. The molecule has 0 aliphatic heterocycles. The molecule has 1 aromatic heterocycles. The van der Waals surface area contributed by atoms with Crippen LogP contribution in [-0.2, 0) is 10.0 Å². The van der Waals surface area contributed by atoms with Crippen molar-refractivity contribution in [2.45, 2.75) is 71.1 Å². The van der Waals surface area contributed by atoms with Gasteiger partial charge in [0.25, 0.3) is 0 Å². The summed E-state index contributed by atoms with van der Waals surface area (Å²) in [5.74, 6) is 0.621. The highest BCUT2D eigenvalue weighted by Crippen LogP contribution is 2.34. The Morgan fingerprint density at radius 1 is 0.880 bits per heavy atom. The van der Waals surface area contributed by atoms with Crippen molar-refractivity contribution >= 4 is 10.0 Å². The maximum absolute atomic E-state index is 13.5. The zero-order valence-electron chi connectivity index (χ0n) is 16.4. The van der Waals surface area contributed by atoms with Crippen LogP contribution in [0, 0.1) is 6.92 Å². The monoisotopic (exact) mass is 360 g/mol. The van der Waals surface area contributed by atoms with Gasteiger partial charge in [0.2, 0.25) is 0 Å². The lowest BCUT2D eigenvalue weighted by Crippen LogP contribution is -2.43. The van der Waals surface area contributed by atoms with Gasteiger partial charge in [0.05, 0.1) is 0 Å². The Kier molecular flexibility index (Phi) is 5.72. The van der Waals surface area contributed by atoms with Gasteiger partial charge < -0.3 is 0 Å². The van der Waals surface area contributed by atoms with Crippen LogP contribution in [0.4, 0.5) is 0 Å². The average molecular weight is 361 g/mol. The third kappa shape index (κ3) is 3.95. The van der Waals surface area contributed by atoms with Gasteiger partial charge in [-0.15, -0.1) is 0 Å². The summed E-state index contributed by atoms with van der Waals surface area (Å²) in [4.78, 5) is 0.470. The van der Waals surface area contributed by atoms with Crippen LogP contribution in [0.15, 0.2) is 41.6 Å². The molecule has 3 nitrogen and oxygen atoms in total.